The SMILES string of the molecule is CCCC(=O)O.CNC[C@H]1CN(c2c(NC(=O)c3ccn(-c4ccnnc4)n3)ccc(C3CCCC3)c2C(F)(F)F)CCN1C. The van der Waals surface area contributed by atoms with Crippen LogP contribution in [0.5, 0.6) is 0 Å². The molecule has 2 aliphatic rings. The van der Waals surface area contributed by atoms with Crippen molar-refractivity contribution in [1.82, 2.24) is 30.2 Å². The van der Waals surface area contributed by atoms with E-state index in [1.54, 1.807) is 29.3 Å². The molecule has 5 rings (SSSR count). The van der Waals surface area contributed by atoms with Gasteiger partial charge in [-0.15, -0.1) is 0 Å². The summed E-state index contributed by atoms with van der Waals surface area (Å²) in [6.07, 6.45) is 4.36. The molecule has 1 aliphatic heterocycles. The number of carboxylic acid groups (broad SMARTS) is 1. The molecule has 2 fully saturated rings. The molecule has 1 amide bonds. The third-order valence-electron chi connectivity index (χ3n) is 8.19. The fourth-order valence-electron chi connectivity index (χ4n) is 5.92. The number of amides is 1. The number of piperazine rings is 1. The number of likely N-dealkylation sites (N-methyl/N-ethyl adjacent to an activating group) is 2. The number of hydrogen-bond acceptors (Lipinski definition) is 8. The number of alkyl halides is 3. The molecule has 1 saturated heterocycles. The third kappa shape index (κ3) is 8.57. The molecule has 3 N–H and O–H groups in total. The summed E-state index contributed by atoms with van der Waals surface area (Å²) in [4.78, 5) is 26.8. The Hall–Kier alpha value is -4.04. The summed E-state index contributed by atoms with van der Waals surface area (Å²) >= 11 is 0. The molecule has 0 unspecified atom stereocenters. The maximum absolute atomic E-state index is 14.9. The smallest absolute Gasteiger partial charge is 0.418 e. The highest BCUT2D eigenvalue weighted by Gasteiger charge is 2.42. The number of carbonyl (C=O) groups excluding carboxylic acids is 1. The average Bonchev–Trinajstić information content (AvgIpc) is 3.72. The lowest BCUT2D eigenvalue weighted by molar-refractivity contribution is -0.138. The number of nitrogens with one attached hydrogen (secondary N) is 2. The maximum Gasteiger partial charge on any atom is 0.418 e. The summed E-state index contributed by atoms with van der Waals surface area (Å²) < 4.78 is 46.1. The van der Waals surface area contributed by atoms with E-state index in [1.165, 1.54) is 23.1 Å². The number of halogens is 3. The molecular formula is C31H41F3N8O3. The average molecular weight is 631 g/mol. The van der Waals surface area contributed by atoms with Gasteiger partial charge in [0.15, 0.2) is 5.69 Å². The molecule has 0 radical (unpaired) electrons. The zero-order chi connectivity index (χ0) is 32.6. The van der Waals surface area contributed by atoms with Gasteiger partial charge in [0.2, 0.25) is 0 Å². The number of rotatable bonds is 9. The van der Waals surface area contributed by atoms with Gasteiger partial charge in [0.25, 0.3) is 5.91 Å². The molecule has 14 heteroatoms. The Labute approximate surface area is 260 Å². The Bertz CT molecular complexity index is 1430. The second-order valence-electron chi connectivity index (χ2n) is 11.4. The molecule has 3 heterocycles. The van der Waals surface area contributed by atoms with Crippen molar-refractivity contribution in [2.24, 2.45) is 0 Å². The Morgan fingerprint density at radius 1 is 1.09 bits per heavy atom. The maximum atomic E-state index is 14.9. The third-order valence-corrected chi connectivity index (χ3v) is 8.19. The van der Waals surface area contributed by atoms with Crippen LogP contribution in [0.25, 0.3) is 5.69 Å². The van der Waals surface area contributed by atoms with Crippen molar-refractivity contribution in [1.29, 1.82) is 0 Å². The van der Waals surface area contributed by atoms with E-state index in [2.05, 4.69) is 30.8 Å². The number of carbonyl (C=O) groups is 2. The minimum atomic E-state index is -4.58. The van der Waals surface area contributed by atoms with Gasteiger partial charge in [-0.2, -0.15) is 28.5 Å². The molecular weight excluding hydrogens is 589 g/mol. The van der Waals surface area contributed by atoms with Gasteiger partial charge >= 0.3 is 12.1 Å². The summed E-state index contributed by atoms with van der Waals surface area (Å²) in [6.45, 7) is 3.91. The number of nitrogens with zero attached hydrogens (tertiary/aromatic N) is 6. The van der Waals surface area contributed by atoms with Gasteiger partial charge in [0.05, 0.1) is 35.0 Å². The first-order valence-corrected chi connectivity index (χ1v) is 15.2. The monoisotopic (exact) mass is 630 g/mol. The predicted molar refractivity (Wildman–Crippen MR) is 165 cm³/mol. The van der Waals surface area contributed by atoms with E-state index in [0.29, 0.717) is 43.9 Å². The van der Waals surface area contributed by atoms with E-state index in [-0.39, 0.29) is 29.0 Å². The number of aromatic nitrogens is 4. The summed E-state index contributed by atoms with van der Waals surface area (Å²) in [7, 11) is 3.82. The van der Waals surface area contributed by atoms with Crippen molar-refractivity contribution in [3.8, 4) is 5.69 Å². The lowest BCUT2D eigenvalue weighted by atomic mass is 9.90. The van der Waals surface area contributed by atoms with Crippen LogP contribution in [0.2, 0.25) is 0 Å². The molecule has 1 aliphatic carbocycles. The second kappa shape index (κ2) is 15.3. The zero-order valence-electron chi connectivity index (χ0n) is 25.8. The standard InChI is InChI=1S/C27H33F3N8O.C4H8O2/c1-31-15-20-17-37(14-13-36(20)2)25-22(8-7-21(18-5-3-4-6-18)24(25)27(28,29)30)34-26(39)23-10-12-38(35-23)19-9-11-32-33-16-19;1-2-3-4(5)6/h7-12,16,18,20,31H,3-6,13-15,17H2,1-2H3,(H,34,39);2-3H2,1H3,(H,5,6)/t20-;/m0./s1. The van der Waals surface area contributed by atoms with Crippen LogP contribution < -0.4 is 15.5 Å². The van der Waals surface area contributed by atoms with Crippen molar-refractivity contribution >= 4 is 23.3 Å². The highest BCUT2D eigenvalue weighted by molar-refractivity contribution is 6.05. The molecule has 244 valence electrons. The molecule has 11 nitrogen and oxygen atoms in total. The lowest BCUT2D eigenvalue weighted by Gasteiger charge is -2.42. The van der Waals surface area contributed by atoms with E-state index in [1.807, 2.05) is 21.0 Å². The first kappa shape index (κ1) is 33.8. The Morgan fingerprint density at radius 2 is 1.84 bits per heavy atom. The Kier molecular flexibility index (Phi) is 11.5. The van der Waals surface area contributed by atoms with E-state index in [0.717, 1.165) is 32.1 Å². The van der Waals surface area contributed by atoms with Crippen molar-refractivity contribution in [3.63, 3.8) is 0 Å². The molecule has 1 aromatic carbocycles. The number of hydrogen-bond donors (Lipinski definition) is 3. The van der Waals surface area contributed by atoms with Crippen LogP contribution in [0.1, 0.15) is 73.0 Å². The van der Waals surface area contributed by atoms with Crippen LogP contribution in [-0.4, -0.2) is 88.2 Å². The topological polar surface area (TPSA) is 129 Å². The summed E-state index contributed by atoms with van der Waals surface area (Å²) in [6, 6.07) is 6.41. The number of benzene rings is 1. The van der Waals surface area contributed by atoms with Gasteiger partial charge in [0.1, 0.15) is 0 Å². The Balaban J connectivity index is 0.000000700. The van der Waals surface area contributed by atoms with Gasteiger partial charge in [-0.25, -0.2) is 4.68 Å². The van der Waals surface area contributed by atoms with Crippen molar-refractivity contribution < 1.29 is 27.9 Å². The quantitative estimate of drug-likeness (QED) is 0.305. The molecule has 3 aromatic rings. The van der Waals surface area contributed by atoms with Crippen LogP contribution in [0.4, 0.5) is 24.5 Å². The predicted octanol–water partition coefficient (Wildman–Crippen LogP) is 4.80. The number of anilines is 2. The molecule has 1 saturated carbocycles. The van der Waals surface area contributed by atoms with Crippen molar-refractivity contribution in [2.45, 2.75) is 63.6 Å². The van der Waals surface area contributed by atoms with E-state index < -0.39 is 23.6 Å². The van der Waals surface area contributed by atoms with Crippen LogP contribution in [-0.2, 0) is 11.0 Å². The van der Waals surface area contributed by atoms with Crippen LogP contribution in [0, 0.1) is 0 Å². The fraction of sp³-hybridized carbons (Fsp3) is 0.516. The number of carboxylic acids is 1. The summed E-state index contributed by atoms with van der Waals surface area (Å²) in [5, 5.41) is 25.7. The summed E-state index contributed by atoms with van der Waals surface area (Å²) in [5.74, 6) is -1.44. The van der Waals surface area contributed by atoms with Gasteiger partial charge in [-0.05, 0) is 63.0 Å². The Morgan fingerprint density at radius 3 is 2.44 bits per heavy atom. The molecule has 45 heavy (non-hydrogen) atoms. The molecule has 0 bridgehead atoms. The number of aliphatic carboxylic acids is 1. The van der Waals surface area contributed by atoms with E-state index >= 15 is 0 Å². The van der Waals surface area contributed by atoms with Crippen LogP contribution in [0.3, 0.4) is 0 Å². The van der Waals surface area contributed by atoms with E-state index in [4.69, 9.17) is 5.11 Å². The fourth-order valence-corrected chi connectivity index (χ4v) is 5.92. The first-order valence-electron chi connectivity index (χ1n) is 15.2. The second-order valence-corrected chi connectivity index (χ2v) is 11.4. The lowest BCUT2D eigenvalue weighted by Crippen LogP contribution is -2.55. The molecule has 0 spiro atoms. The van der Waals surface area contributed by atoms with Gasteiger partial charge in [-0.3, -0.25) is 14.5 Å². The van der Waals surface area contributed by atoms with Crippen LogP contribution in [0.15, 0.2) is 42.9 Å². The molecule has 1 atom stereocenters. The van der Waals surface area contributed by atoms with E-state index in [9.17, 15) is 22.8 Å². The van der Waals surface area contributed by atoms with Crippen molar-refractivity contribution in [3.05, 3.63) is 59.7 Å². The summed E-state index contributed by atoms with van der Waals surface area (Å²) in [5.41, 5.74) is 0.574. The largest absolute Gasteiger partial charge is 0.481 e. The normalized spacial score (nSPS) is 17.6. The minimum Gasteiger partial charge on any atom is -0.481 e. The minimum absolute atomic E-state index is 0.0215. The molecule has 2 aromatic heterocycles. The van der Waals surface area contributed by atoms with Gasteiger partial charge in [0, 0.05) is 44.8 Å². The first-order chi connectivity index (χ1) is 21.5. The van der Waals surface area contributed by atoms with Crippen LogP contribution >= 0.6 is 0 Å². The van der Waals surface area contributed by atoms with Gasteiger partial charge < -0.3 is 20.6 Å². The highest BCUT2D eigenvalue weighted by atomic mass is 19.4. The highest BCUT2D eigenvalue weighted by Crippen LogP contribution is 2.48. The van der Waals surface area contributed by atoms with Crippen molar-refractivity contribution in [2.75, 3.05) is 50.5 Å². The van der Waals surface area contributed by atoms with Gasteiger partial charge in [-0.1, -0.05) is 25.8 Å². The zero-order valence-corrected chi connectivity index (χ0v) is 25.8.